The van der Waals surface area contributed by atoms with Gasteiger partial charge in [0.25, 0.3) is 0 Å². The van der Waals surface area contributed by atoms with Gasteiger partial charge in [0.1, 0.15) is 0 Å². The summed E-state index contributed by atoms with van der Waals surface area (Å²) in [5.74, 6) is 1.92. The molecule has 0 saturated carbocycles. The van der Waals surface area contributed by atoms with Crippen molar-refractivity contribution in [2.45, 2.75) is 58.0 Å². The molecule has 0 spiro atoms. The van der Waals surface area contributed by atoms with E-state index in [2.05, 4.69) is 60.5 Å². The van der Waals surface area contributed by atoms with Crippen LogP contribution in [0.2, 0.25) is 0 Å². The molecule has 1 atom stereocenters. The molecule has 0 radical (unpaired) electrons. The molecule has 1 aliphatic rings. The third kappa shape index (κ3) is 3.50. The van der Waals surface area contributed by atoms with Gasteiger partial charge in [-0.3, -0.25) is 0 Å². The molecule has 1 aromatic heterocycles. The van der Waals surface area contributed by atoms with Crippen molar-refractivity contribution >= 4 is 0 Å². The molecule has 4 heteroatoms. The second kappa shape index (κ2) is 5.60. The highest BCUT2D eigenvalue weighted by atomic mass is 16.5. The second-order valence-electron chi connectivity index (χ2n) is 6.86. The number of rotatable bonds is 3. The first-order valence-electron chi connectivity index (χ1n) is 7.65. The quantitative estimate of drug-likeness (QED) is 0.940. The van der Waals surface area contributed by atoms with Crippen molar-refractivity contribution < 1.29 is 4.52 Å². The van der Waals surface area contributed by atoms with Crippen LogP contribution >= 0.6 is 0 Å². The zero-order valence-corrected chi connectivity index (χ0v) is 13.0. The highest BCUT2D eigenvalue weighted by molar-refractivity contribution is 5.31. The van der Waals surface area contributed by atoms with E-state index in [1.54, 1.807) is 0 Å². The molecule has 21 heavy (non-hydrogen) atoms. The number of fused-ring (bicyclic) bond motifs is 1. The molecule has 0 saturated heterocycles. The molecular formula is C17H23N3O. The van der Waals surface area contributed by atoms with E-state index in [-0.39, 0.29) is 5.54 Å². The summed E-state index contributed by atoms with van der Waals surface area (Å²) in [5, 5.41) is 7.56. The van der Waals surface area contributed by atoms with E-state index < -0.39 is 0 Å². The molecule has 2 aromatic rings. The molecule has 0 amide bonds. The van der Waals surface area contributed by atoms with Crippen LogP contribution < -0.4 is 5.32 Å². The standard InChI is InChI=1S/C17H23N3O/c1-17(2,3)18-11-15-19-16(20-21-15)14-9-8-12-6-4-5-7-13(12)10-14/h4-7,14,18H,8-11H2,1-3H3. The first kappa shape index (κ1) is 14.3. The normalized spacial score (nSPS) is 18.5. The molecule has 1 N–H and O–H groups in total. The zero-order chi connectivity index (χ0) is 14.9. The monoisotopic (exact) mass is 285 g/mol. The lowest BCUT2D eigenvalue weighted by Gasteiger charge is -2.21. The fraction of sp³-hybridized carbons (Fsp3) is 0.529. The minimum absolute atomic E-state index is 0.0540. The van der Waals surface area contributed by atoms with Crippen LogP contribution in [0.15, 0.2) is 28.8 Å². The van der Waals surface area contributed by atoms with Crippen molar-refractivity contribution in [1.82, 2.24) is 15.5 Å². The maximum absolute atomic E-state index is 5.38. The highest BCUT2D eigenvalue weighted by Crippen LogP contribution is 2.31. The molecule has 1 heterocycles. The van der Waals surface area contributed by atoms with Crippen molar-refractivity contribution in [3.63, 3.8) is 0 Å². The van der Waals surface area contributed by atoms with E-state index in [1.165, 1.54) is 11.1 Å². The van der Waals surface area contributed by atoms with Crippen LogP contribution in [-0.4, -0.2) is 15.7 Å². The minimum Gasteiger partial charge on any atom is -0.338 e. The van der Waals surface area contributed by atoms with Gasteiger partial charge in [0, 0.05) is 11.5 Å². The van der Waals surface area contributed by atoms with Crippen molar-refractivity contribution in [2.75, 3.05) is 0 Å². The van der Waals surface area contributed by atoms with Crippen LogP contribution in [0.25, 0.3) is 0 Å². The Hall–Kier alpha value is -1.68. The van der Waals surface area contributed by atoms with Crippen LogP contribution in [-0.2, 0) is 19.4 Å². The van der Waals surface area contributed by atoms with E-state index >= 15 is 0 Å². The van der Waals surface area contributed by atoms with Gasteiger partial charge in [-0.1, -0.05) is 29.4 Å². The largest absolute Gasteiger partial charge is 0.338 e. The summed E-state index contributed by atoms with van der Waals surface area (Å²) in [5.41, 5.74) is 2.94. The fourth-order valence-electron chi connectivity index (χ4n) is 2.76. The molecule has 0 bridgehead atoms. The third-order valence-corrected chi connectivity index (χ3v) is 3.97. The Morgan fingerprint density at radius 3 is 2.76 bits per heavy atom. The summed E-state index contributed by atoms with van der Waals surface area (Å²) in [4.78, 5) is 4.57. The number of nitrogens with zero attached hydrogens (tertiary/aromatic N) is 2. The predicted octanol–water partition coefficient (Wildman–Crippen LogP) is 3.23. The van der Waals surface area contributed by atoms with E-state index in [0.29, 0.717) is 18.4 Å². The van der Waals surface area contributed by atoms with Crippen molar-refractivity contribution in [1.29, 1.82) is 0 Å². The van der Waals surface area contributed by atoms with Gasteiger partial charge in [0.05, 0.1) is 6.54 Å². The van der Waals surface area contributed by atoms with Crippen LogP contribution in [0.1, 0.15) is 56.0 Å². The molecule has 112 valence electrons. The predicted molar refractivity (Wildman–Crippen MR) is 82.1 cm³/mol. The molecule has 1 unspecified atom stereocenters. The summed E-state index contributed by atoms with van der Waals surface area (Å²) in [6.45, 7) is 7.01. The van der Waals surface area contributed by atoms with Gasteiger partial charge in [-0.15, -0.1) is 0 Å². The minimum atomic E-state index is 0.0540. The summed E-state index contributed by atoms with van der Waals surface area (Å²) in [6.07, 6.45) is 3.22. The summed E-state index contributed by atoms with van der Waals surface area (Å²) >= 11 is 0. The fourth-order valence-corrected chi connectivity index (χ4v) is 2.76. The maximum Gasteiger partial charge on any atom is 0.240 e. The van der Waals surface area contributed by atoms with Crippen LogP contribution in [0.5, 0.6) is 0 Å². The number of aromatic nitrogens is 2. The Morgan fingerprint density at radius 2 is 2.00 bits per heavy atom. The highest BCUT2D eigenvalue weighted by Gasteiger charge is 2.24. The van der Waals surface area contributed by atoms with Crippen molar-refractivity contribution in [3.05, 3.63) is 47.1 Å². The summed E-state index contributed by atoms with van der Waals surface area (Å²) < 4.78 is 5.38. The van der Waals surface area contributed by atoms with E-state index in [1.807, 2.05) is 0 Å². The molecule has 3 rings (SSSR count). The van der Waals surface area contributed by atoms with Crippen LogP contribution in [0, 0.1) is 0 Å². The van der Waals surface area contributed by atoms with Gasteiger partial charge in [-0.2, -0.15) is 4.98 Å². The lowest BCUT2D eigenvalue weighted by Crippen LogP contribution is -2.35. The van der Waals surface area contributed by atoms with E-state index in [9.17, 15) is 0 Å². The average molecular weight is 285 g/mol. The Kier molecular flexibility index (Phi) is 3.81. The molecular weight excluding hydrogens is 262 g/mol. The Labute approximate surface area is 126 Å². The number of aryl methyl sites for hydroxylation is 1. The smallest absolute Gasteiger partial charge is 0.240 e. The van der Waals surface area contributed by atoms with Gasteiger partial charge < -0.3 is 9.84 Å². The number of nitrogens with one attached hydrogen (secondary N) is 1. The molecule has 0 fully saturated rings. The number of benzene rings is 1. The van der Waals surface area contributed by atoms with Crippen LogP contribution in [0.3, 0.4) is 0 Å². The zero-order valence-electron chi connectivity index (χ0n) is 13.0. The summed E-state index contributed by atoms with van der Waals surface area (Å²) in [7, 11) is 0. The van der Waals surface area contributed by atoms with E-state index in [0.717, 1.165) is 25.1 Å². The first-order chi connectivity index (χ1) is 10.0. The van der Waals surface area contributed by atoms with Gasteiger partial charge >= 0.3 is 0 Å². The van der Waals surface area contributed by atoms with Gasteiger partial charge in [-0.25, -0.2) is 0 Å². The van der Waals surface area contributed by atoms with E-state index in [4.69, 9.17) is 4.52 Å². The molecule has 4 nitrogen and oxygen atoms in total. The van der Waals surface area contributed by atoms with Crippen LogP contribution in [0.4, 0.5) is 0 Å². The van der Waals surface area contributed by atoms with Crippen molar-refractivity contribution in [2.24, 2.45) is 0 Å². The third-order valence-electron chi connectivity index (χ3n) is 3.97. The Morgan fingerprint density at radius 1 is 1.24 bits per heavy atom. The SMILES string of the molecule is CC(C)(C)NCc1nc(C2CCc3ccccc3C2)no1. The van der Waals surface area contributed by atoms with Gasteiger partial charge in [0.15, 0.2) is 5.82 Å². The Balaban J connectivity index is 1.67. The number of hydrogen-bond acceptors (Lipinski definition) is 4. The first-order valence-corrected chi connectivity index (χ1v) is 7.65. The van der Waals surface area contributed by atoms with Gasteiger partial charge in [0.2, 0.25) is 5.89 Å². The number of hydrogen-bond donors (Lipinski definition) is 1. The molecule has 1 aromatic carbocycles. The maximum atomic E-state index is 5.38. The second-order valence-corrected chi connectivity index (χ2v) is 6.86. The Bertz CT molecular complexity index is 612. The lowest BCUT2D eigenvalue weighted by molar-refractivity contribution is 0.331. The molecule has 1 aliphatic carbocycles. The van der Waals surface area contributed by atoms with Gasteiger partial charge in [-0.05, 0) is 51.2 Å². The molecule has 0 aliphatic heterocycles. The van der Waals surface area contributed by atoms with Crippen molar-refractivity contribution in [3.8, 4) is 0 Å². The summed E-state index contributed by atoms with van der Waals surface area (Å²) in [6, 6.07) is 8.66. The lowest BCUT2D eigenvalue weighted by atomic mass is 9.83. The topological polar surface area (TPSA) is 51.0 Å². The average Bonchev–Trinajstić information content (AvgIpc) is 2.93.